The quantitative estimate of drug-likeness (QED) is 0.337. The van der Waals surface area contributed by atoms with Gasteiger partial charge in [0.25, 0.3) is 0 Å². The van der Waals surface area contributed by atoms with Gasteiger partial charge in [0.1, 0.15) is 0 Å². The SMILES string of the molecule is CCCCCc1ccc(C(=O)Oc2cc(C(C)C)nn2-c2ccccc2C)cc1. The number of aryl methyl sites for hydroxylation is 2. The third-order valence-corrected chi connectivity index (χ3v) is 5.09. The molecule has 3 rings (SSSR count). The lowest BCUT2D eigenvalue weighted by atomic mass is 10.1. The molecule has 0 unspecified atom stereocenters. The molecule has 0 aliphatic rings. The van der Waals surface area contributed by atoms with Crippen LogP contribution in [0.2, 0.25) is 0 Å². The molecule has 152 valence electrons. The fourth-order valence-corrected chi connectivity index (χ4v) is 3.25. The second kappa shape index (κ2) is 9.55. The van der Waals surface area contributed by atoms with E-state index in [1.807, 2.05) is 61.5 Å². The van der Waals surface area contributed by atoms with Gasteiger partial charge >= 0.3 is 5.97 Å². The highest BCUT2D eigenvalue weighted by Gasteiger charge is 2.18. The number of nitrogens with zero attached hydrogens (tertiary/aromatic N) is 2. The molecule has 0 spiro atoms. The van der Waals surface area contributed by atoms with Crippen LogP contribution in [0.3, 0.4) is 0 Å². The highest BCUT2D eigenvalue weighted by atomic mass is 16.5. The smallest absolute Gasteiger partial charge is 0.344 e. The van der Waals surface area contributed by atoms with E-state index in [2.05, 4.69) is 25.9 Å². The summed E-state index contributed by atoms with van der Waals surface area (Å²) < 4.78 is 7.50. The van der Waals surface area contributed by atoms with Gasteiger partial charge in [0.15, 0.2) is 0 Å². The second-order valence-corrected chi connectivity index (χ2v) is 7.80. The summed E-state index contributed by atoms with van der Waals surface area (Å²) in [6, 6.07) is 17.5. The Morgan fingerprint density at radius 3 is 2.45 bits per heavy atom. The van der Waals surface area contributed by atoms with Gasteiger partial charge in [-0.2, -0.15) is 5.10 Å². The Kier molecular flexibility index (Phi) is 6.86. The molecule has 1 aromatic heterocycles. The van der Waals surface area contributed by atoms with Crippen molar-refractivity contribution in [2.45, 2.75) is 59.3 Å². The van der Waals surface area contributed by atoms with E-state index in [9.17, 15) is 4.79 Å². The van der Waals surface area contributed by atoms with Crippen LogP contribution in [0.4, 0.5) is 0 Å². The number of hydrogen-bond acceptors (Lipinski definition) is 3. The number of unbranched alkanes of at least 4 members (excludes halogenated alkanes) is 2. The monoisotopic (exact) mass is 390 g/mol. The maximum atomic E-state index is 12.8. The van der Waals surface area contributed by atoms with E-state index in [-0.39, 0.29) is 11.9 Å². The minimum Gasteiger partial charge on any atom is -0.404 e. The molecule has 3 aromatic rings. The first-order valence-electron chi connectivity index (χ1n) is 10.5. The molecule has 2 aromatic carbocycles. The van der Waals surface area contributed by atoms with Crippen LogP contribution in [-0.2, 0) is 6.42 Å². The maximum absolute atomic E-state index is 12.8. The van der Waals surface area contributed by atoms with E-state index in [1.165, 1.54) is 24.8 Å². The van der Waals surface area contributed by atoms with Crippen molar-refractivity contribution in [1.29, 1.82) is 0 Å². The summed E-state index contributed by atoms with van der Waals surface area (Å²) in [5.74, 6) is 0.315. The fraction of sp³-hybridized carbons (Fsp3) is 0.360. The van der Waals surface area contributed by atoms with Crippen molar-refractivity contribution >= 4 is 5.97 Å². The van der Waals surface area contributed by atoms with Crippen molar-refractivity contribution in [3.8, 4) is 11.6 Å². The third kappa shape index (κ3) is 5.14. The number of benzene rings is 2. The Hall–Kier alpha value is -2.88. The summed E-state index contributed by atoms with van der Waals surface area (Å²) in [4.78, 5) is 12.8. The summed E-state index contributed by atoms with van der Waals surface area (Å²) in [6.07, 6.45) is 4.65. The van der Waals surface area contributed by atoms with Gasteiger partial charge in [0, 0.05) is 6.07 Å². The van der Waals surface area contributed by atoms with Crippen LogP contribution < -0.4 is 4.74 Å². The third-order valence-electron chi connectivity index (χ3n) is 5.09. The van der Waals surface area contributed by atoms with Crippen LogP contribution in [0.5, 0.6) is 5.88 Å². The van der Waals surface area contributed by atoms with Gasteiger partial charge in [-0.1, -0.05) is 63.9 Å². The van der Waals surface area contributed by atoms with Crippen LogP contribution in [0.25, 0.3) is 5.69 Å². The van der Waals surface area contributed by atoms with Crippen LogP contribution in [-0.4, -0.2) is 15.7 Å². The second-order valence-electron chi connectivity index (χ2n) is 7.80. The molecule has 0 saturated carbocycles. The zero-order valence-corrected chi connectivity index (χ0v) is 17.8. The van der Waals surface area contributed by atoms with Gasteiger partial charge < -0.3 is 4.74 Å². The molecule has 0 atom stereocenters. The van der Waals surface area contributed by atoms with E-state index >= 15 is 0 Å². The van der Waals surface area contributed by atoms with Crippen molar-refractivity contribution in [3.63, 3.8) is 0 Å². The number of esters is 1. The number of ether oxygens (including phenoxy) is 1. The summed E-state index contributed by atoms with van der Waals surface area (Å²) >= 11 is 0. The first-order chi connectivity index (χ1) is 14.0. The Morgan fingerprint density at radius 1 is 1.07 bits per heavy atom. The Bertz CT molecular complexity index is 955. The van der Waals surface area contributed by atoms with Crippen LogP contribution in [0.1, 0.15) is 73.1 Å². The van der Waals surface area contributed by atoms with Crippen molar-refractivity contribution in [3.05, 3.63) is 77.0 Å². The van der Waals surface area contributed by atoms with E-state index in [0.717, 1.165) is 23.4 Å². The molecule has 0 fully saturated rings. The lowest BCUT2D eigenvalue weighted by Crippen LogP contribution is -2.12. The zero-order valence-electron chi connectivity index (χ0n) is 17.8. The van der Waals surface area contributed by atoms with E-state index in [0.29, 0.717) is 11.4 Å². The average Bonchev–Trinajstić information content (AvgIpc) is 3.13. The van der Waals surface area contributed by atoms with Gasteiger partial charge in [-0.15, -0.1) is 0 Å². The molecule has 0 bridgehead atoms. The molecule has 1 heterocycles. The van der Waals surface area contributed by atoms with Gasteiger partial charge in [0.2, 0.25) is 5.88 Å². The molecule has 4 nitrogen and oxygen atoms in total. The van der Waals surface area contributed by atoms with Crippen molar-refractivity contribution < 1.29 is 9.53 Å². The first kappa shape index (κ1) is 20.8. The van der Waals surface area contributed by atoms with Crippen LogP contribution in [0.15, 0.2) is 54.6 Å². The van der Waals surface area contributed by atoms with Gasteiger partial charge in [0.05, 0.1) is 16.9 Å². The lowest BCUT2D eigenvalue weighted by molar-refractivity contribution is 0.0723. The minimum absolute atomic E-state index is 0.236. The minimum atomic E-state index is -0.366. The predicted octanol–water partition coefficient (Wildman–Crippen LogP) is 6.26. The molecule has 0 N–H and O–H groups in total. The molecular formula is C25H30N2O2. The molecule has 0 aliphatic carbocycles. The molecule has 4 heteroatoms. The number of carbonyl (C=O) groups excluding carboxylic acids is 1. The zero-order chi connectivity index (χ0) is 20.8. The van der Waals surface area contributed by atoms with Crippen LogP contribution >= 0.6 is 0 Å². The molecule has 0 saturated heterocycles. The summed E-state index contributed by atoms with van der Waals surface area (Å²) in [7, 11) is 0. The van der Waals surface area contributed by atoms with Gasteiger partial charge in [-0.25, -0.2) is 9.48 Å². The highest BCUT2D eigenvalue weighted by molar-refractivity contribution is 5.91. The number of hydrogen-bond donors (Lipinski definition) is 0. The standard InChI is InChI=1S/C25H30N2O2/c1-5-6-7-11-20-13-15-21(16-14-20)25(28)29-24-17-22(18(2)3)26-27(24)23-12-9-8-10-19(23)4/h8-10,12-18H,5-7,11H2,1-4H3. The molecule has 0 radical (unpaired) electrons. The van der Waals surface area contributed by atoms with Gasteiger partial charge in [-0.3, -0.25) is 0 Å². The Morgan fingerprint density at radius 2 is 1.79 bits per heavy atom. The van der Waals surface area contributed by atoms with Gasteiger partial charge in [-0.05, 0) is 55.0 Å². The Balaban J connectivity index is 1.82. The van der Waals surface area contributed by atoms with Crippen molar-refractivity contribution in [2.75, 3.05) is 0 Å². The highest BCUT2D eigenvalue weighted by Crippen LogP contribution is 2.26. The van der Waals surface area contributed by atoms with E-state index in [4.69, 9.17) is 4.74 Å². The number of rotatable bonds is 8. The predicted molar refractivity (Wildman–Crippen MR) is 117 cm³/mol. The summed E-state index contributed by atoms with van der Waals surface area (Å²) in [5, 5.41) is 4.68. The normalized spacial score (nSPS) is 11.1. The van der Waals surface area contributed by atoms with Crippen molar-refractivity contribution in [1.82, 2.24) is 9.78 Å². The van der Waals surface area contributed by atoms with Crippen molar-refractivity contribution in [2.24, 2.45) is 0 Å². The van der Waals surface area contributed by atoms with E-state index < -0.39 is 0 Å². The summed E-state index contributed by atoms with van der Waals surface area (Å²) in [5.41, 5.74) is 4.67. The molecule has 0 amide bonds. The Labute approximate surface area is 173 Å². The number of para-hydroxylation sites is 1. The maximum Gasteiger partial charge on any atom is 0.344 e. The molecule has 29 heavy (non-hydrogen) atoms. The fourth-order valence-electron chi connectivity index (χ4n) is 3.25. The lowest BCUT2D eigenvalue weighted by Gasteiger charge is -2.10. The first-order valence-corrected chi connectivity index (χ1v) is 10.5. The van der Waals surface area contributed by atoms with E-state index in [1.54, 1.807) is 4.68 Å². The number of aromatic nitrogens is 2. The largest absolute Gasteiger partial charge is 0.404 e. The van der Waals surface area contributed by atoms with Crippen LogP contribution in [0, 0.1) is 6.92 Å². The molecule has 0 aliphatic heterocycles. The number of carbonyl (C=O) groups is 1. The average molecular weight is 391 g/mol. The molecular weight excluding hydrogens is 360 g/mol. The summed E-state index contributed by atoms with van der Waals surface area (Å²) in [6.45, 7) is 8.38. The topological polar surface area (TPSA) is 44.1 Å².